The molecule has 2 aromatic rings. The van der Waals surface area contributed by atoms with Crippen LogP contribution in [0.5, 0.6) is 0 Å². The first-order valence-corrected chi connectivity index (χ1v) is 10.8. The summed E-state index contributed by atoms with van der Waals surface area (Å²) in [5, 5.41) is 7.75. The Labute approximate surface area is 162 Å². The Morgan fingerprint density at radius 1 is 1.36 bits per heavy atom. The summed E-state index contributed by atoms with van der Waals surface area (Å²) in [5.74, 6) is 1.69. The maximum absolute atomic E-state index is 12.3. The lowest BCUT2D eigenvalue weighted by atomic mass is 9.78. The van der Waals surface area contributed by atoms with Crippen LogP contribution in [0.4, 0.5) is 0 Å². The van der Waals surface area contributed by atoms with Crippen molar-refractivity contribution in [1.82, 2.24) is 15.1 Å². The van der Waals surface area contributed by atoms with Gasteiger partial charge >= 0.3 is 0 Å². The summed E-state index contributed by atoms with van der Waals surface area (Å²) in [5.41, 5.74) is 0.949. The first-order chi connectivity index (χ1) is 12.0. The van der Waals surface area contributed by atoms with E-state index < -0.39 is 0 Å². The third-order valence-corrected chi connectivity index (χ3v) is 7.28. The van der Waals surface area contributed by atoms with Gasteiger partial charge in [0.1, 0.15) is 0 Å². The summed E-state index contributed by atoms with van der Waals surface area (Å²) in [6.45, 7) is 4.52. The normalized spacial score (nSPS) is 23.4. The molecule has 0 radical (unpaired) electrons. The number of benzene rings is 1. The van der Waals surface area contributed by atoms with Crippen LogP contribution in [0.15, 0.2) is 34.7 Å². The number of hydrogen-bond donors (Lipinski definition) is 1. The van der Waals surface area contributed by atoms with E-state index in [2.05, 4.69) is 24.3 Å². The second kappa shape index (κ2) is 8.47. The second-order valence-electron chi connectivity index (χ2n) is 6.61. The minimum absolute atomic E-state index is 0.0864. The average Bonchev–Trinajstić information content (AvgIpc) is 2.99. The number of nitrogens with one attached hydrogen (secondary N) is 1. The third-order valence-electron chi connectivity index (χ3n) is 4.91. The molecule has 1 heterocycles. The zero-order chi connectivity index (χ0) is 17.8. The highest BCUT2D eigenvalue weighted by Gasteiger charge is 2.28. The van der Waals surface area contributed by atoms with Crippen molar-refractivity contribution in [2.75, 3.05) is 5.75 Å². The van der Waals surface area contributed by atoms with Gasteiger partial charge in [-0.2, -0.15) is 0 Å². The molecule has 1 aromatic heterocycles. The van der Waals surface area contributed by atoms with Gasteiger partial charge in [0.25, 0.3) is 0 Å². The number of nitrogens with zero attached hydrogens (tertiary/aromatic N) is 2. The van der Waals surface area contributed by atoms with E-state index in [0.29, 0.717) is 27.6 Å². The van der Waals surface area contributed by atoms with E-state index in [1.165, 1.54) is 35.9 Å². The monoisotopic (exact) mass is 393 g/mol. The van der Waals surface area contributed by atoms with Crippen molar-refractivity contribution in [2.45, 2.75) is 43.5 Å². The minimum atomic E-state index is 0.0864. The first-order valence-electron chi connectivity index (χ1n) is 8.62. The number of hydrogen-bond acceptors (Lipinski definition) is 5. The smallest absolute Gasteiger partial charge is 0.230 e. The van der Waals surface area contributed by atoms with Crippen molar-refractivity contribution in [2.24, 2.45) is 11.8 Å². The summed E-state index contributed by atoms with van der Waals surface area (Å²) < 4.78 is 3.28. The molecule has 3 atom stereocenters. The number of thioether (sulfide) groups is 1. The molecule has 7 heteroatoms. The van der Waals surface area contributed by atoms with Gasteiger partial charge in [0.2, 0.25) is 5.91 Å². The van der Waals surface area contributed by atoms with Crippen LogP contribution in [0.1, 0.15) is 33.1 Å². The first kappa shape index (κ1) is 18.6. The topological polar surface area (TPSA) is 46.9 Å². The van der Waals surface area contributed by atoms with Crippen LogP contribution in [0.25, 0.3) is 5.69 Å². The molecule has 134 valence electrons. The Balaban J connectivity index is 1.57. The summed E-state index contributed by atoms with van der Waals surface area (Å²) >= 11 is 8.30. The molecule has 0 spiro atoms. The molecule has 0 unspecified atom stereocenters. The predicted octanol–water partition coefficient (Wildman–Crippen LogP) is 4.70. The molecule has 1 aliphatic carbocycles. The molecular weight excluding hydrogens is 370 g/mol. The van der Waals surface area contributed by atoms with Gasteiger partial charge in [-0.25, -0.2) is 4.68 Å². The highest BCUT2D eigenvalue weighted by molar-refractivity contribution is 8.01. The van der Waals surface area contributed by atoms with Crippen LogP contribution >= 0.6 is 35.3 Å². The van der Waals surface area contributed by atoms with Crippen molar-refractivity contribution >= 4 is 41.2 Å². The molecular formula is C18H23N3OS3. The maximum Gasteiger partial charge on any atom is 0.230 e. The predicted molar refractivity (Wildman–Crippen MR) is 107 cm³/mol. The molecule has 4 nitrogen and oxygen atoms in total. The zero-order valence-corrected chi connectivity index (χ0v) is 16.9. The van der Waals surface area contributed by atoms with Crippen molar-refractivity contribution < 1.29 is 4.79 Å². The fraction of sp³-hybridized carbons (Fsp3) is 0.500. The van der Waals surface area contributed by atoms with E-state index in [0.717, 1.165) is 16.4 Å². The van der Waals surface area contributed by atoms with Crippen LogP contribution in [-0.4, -0.2) is 27.5 Å². The molecule has 0 aliphatic heterocycles. The molecule has 0 bridgehead atoms. The van der Waals surface area contributed by atoms with Crippen molar-refractivity contribution in [3.8, 4) is 5.69 Å². The highest BCUT2D eigenvalue weighted by Crippen LogP contribution is 2.30. The molecule has 1 N–H and O–H groups in total. The minimum Gasteiger partial charge on any atom is -0.352 e. The van der Waals surface area contributed by atoms with Crippen molar-refractivity contribution in [3.63, 3.8) is 0 Å². The van der Waals surface area contributed by atoms with Gasteiger partial charge in [-0.1, -0.05) is 68.0 Å². The van der Waals surface area contributed by atoms with Gasteiger partial charge < -0.3 is 5.32 Å². The average molecular weight is 394 g/mol. The zero-order valence-electron chi connectivity index (χ0n) is 14.5. The number of para-hydroxylation sites is 1. The summed E-state index contributed by atoms with van der Waals surface area (Å²) in [7, 11) is 0. The molecule has 1 aromatic carbocycles. The Bertz CT molecular complexity index is 771. The summed E-state index contributed by atoms with van der Waals surface area (Å²) in [6, 6.07) is 10.1. The van der Waals surface area contributed by atoms with Crippen LogP contribution < -0.4 is 5.32 Å². The Kier molecular flexibility index (Phi) is 6.30. The van der Waals surface area contributed by atoms with Gasteiger partial charge in [0.05, 0.1) is 11.4 Å². The second-order valence-corrected chi connectivity index (χ2v) is 9.46. The molecule has 1 saturated carbocycles. The molecule has 1 fully saturated rings. The number of carbonyl (C=O) groups excluding carboxylic acids is 1. The van der Waals surface area contributed by atoms with Gasteiger partial charge in [-0.3, -0.25) is 4.79 Å². The third kappa shape index (κ3) is 4.71. The largest absolute Gasteiger partial charge is 0.352 e. The summed E-state index contributed by atoms with van der Waals surface area (Å²) in [4.78, 5) is 12.3. The lowest BCUT2D eigenvalue weighted by Gasteiger charge is -2.34. The molecule has 1 amide bonds. The lowest BCUT2D eigenvalue weighted by molar-refractivity contribution is -0.119. The van der Waals surface area contributed by atoms with E-state index in [4.69, 9.17) is 12.2 Å². The van der Waals surface area contributed by atoms with Gasteiger partial charge in [-0.15, -0.1) is 5.10 Å². The van der Waals surface area contributed by atoms with Gasteiger partial charge in [-0.05, 0) is 42.6 Å². The van der Waals surface area contributed by atoms with Crippen LogP contribution in [0.2, 0.25) is 0 Å². The van der Waals surface area contributed by atoms with Gasteiger partial charge in [0.15, 0.2) is 8.29 Å². The van der Waals surface area contributed by atoms with E-state index in [1.54, 1.807) is 4.68 Å². The van der Waals surface area contributed by atoms with E-state index in [1.807, 2.05) is 30.3 Å². The molecule has 25 heavy (non-hydrogen) atoms. The quantitative estimate of drug-likeness (QED) is 0.591. The highest BCUT2D eigenvalue weighted by atomic mass is 32.2. The SMILES string of the molecule is C[C@H]1[C@@H](C)CCC[C@H]1NC(=O)CSc1nn(-c2ccccc2)c(=S)s1. The molecule has 0 saturated heterocycles. The van der Waals surface area contributed by atoms with Crippen molar-refractivity contribution in [3.05, 3.63) is 34.3 Å². The number of carbonyl (C=O) groups is 1. The van der Waals surface area contributed by atoms with E-state index in [9.17, 15) is 4.79 Å². The maximum atomic E-state index is 12.3. The number of amides is 1. The van der Waals surface area contributed by atoms with E-state index >= 15 is 0 Å². The van der Waals surface area contributed by atoms with Crippen LogP contribution in [0, 0.1) is 15.8 Å². The lowest BCUT2D eigenvalue weighted by Crippen LogP contribution is -2.44. The van der Waals surface area contributed by atoms with E-state index in [-0.39, 0.29) is 5.91 Å². The standard InChI is InChI=1S/C18H23N3OS3/c1-12-7-6-10-15(13(12)2)19-16(22)11-24-17-20-21(18(23)25-17)14-8-4-3-5-9-14/h3-5,8-9,12-13,15H,6-7,10-11H2,1-2H3,(H,19,22)/t12-,13-,15+/m0/s1. The van der Waals surface area contributed by atoms with Crippen molar-refractivity contribution in [1.29, 1.82) is 0 Å². The Morgan fingerprint density at radius 2 is 2.12 bits per heavy atom. The number of aromatic nitrogens is 2. The molecule has 3 rings (SSSR count). The Morgan fingerprint density at radius 3 is 2.88 bits per heavy atom. The van der Waals surface area contributed by atoms with Crippen LogP contribution in [-0.2, 0) is 4.79 Å². The molecule has 1 aliphatic rings. The summed E-state index contributed by atoms with van der Waals surface area (Å²) in [6.07, 6.45) is 3.55. The fourth-order valence-corrected chi connectivity index (χ4v) is 5.39. The Hall–Kier alpha value is -1.18. The number of rotatable bonds is 5. The fourth-order valence-electron chi connectivity index (χ4n) is 3.21. The van der Waals surface area contributed by atoms with Gasteiger partial charge in [0, 0.05) is 6.04 Å². The van der Waals surface area contributed by atoms with Crippen LogP contribution in [0.3, 0.4) is 0 Å².